The number of hydrogen-bond acceptors (Lipinski definition) is 3. The van der Waals surface area contributed by atoms with Crippen molar-refractivity contribution in [2.24, 2.45) is 5.92 Å². The molecule has 1 aliphatic rings. The van der Waals surface area contributed by atoms with Gasteiger partial charge in [-0.1, -0.05) is 26.7 Å². The molecular formula is C21H34N2O2. The second-order valence-corrected chi connectivity index (χ2v) is 7.45. The van der Waals surface area contributed by atoms with Gasteiger partial charge < -0.3 is 15.0 Å². The molecule has 0 unspecified atom stereocenters. The number of rotatable bonds is 10. The highest BCUT2D eigenvalue weighted by Gasteiger charge is 2.09. The van der Waals surface area contributed by atoms with Crippen LogP contribution >= 0.6 is 0 Å². The molecule has 0 aromatic heterocycles. The molecule has 1 aromatic carbocycles. The minimum Gasteiger partial charge on any atom is -0.493 e. The van der Waals surface area contributed by atoms with Gasteiger partial charge in [-0.2, -0.15) is 0 Å². The maximum Gasteiger partial charge on any atom is 0.251 e. The van der Waals surface area contributed by atoms with Crippen molar-refractivity contribution in [1.82, 2.24) is 10.2 Å². The van der Waals surface area contributed by atoms with E-state index >= 15 is 0 Å². The first-order valence-electron chi connectivity index (χ1n) is 9.88. The Kier molecular flexibility index (Phi) is 8.81. The third kappa shape index (κ3) is 7.91. The Morgan fingerprint density at radius 2 is 1.80 bits per heavy atom. The zero-order valence-corrected chi connectivity index (χ0v) is 15.9. The van der Waals surface area contributed by atoms with Gasteiger partial charge in [0.2, 0.25) is 0 Å². The molecule has 1 aliphatic heterocycles. The van der Waals surface area contributed by atoms with Crippen molar-refractivity contribution >= 4 is 5.91 Å². The molecule has 4 heteroatoms. The summed E-state index contributed by atoms with van der Waals surface area (Å²) in [4.78, 5) is 14.7. The second kappa shape index (κ2) is 11.1. The van der Waals surface area contributed by atoms with E-state index in [1.54, 1.807) is 0 Å². The molecule has 25 heavy (non-hydrogen) atoms. The van der Waals surface area contributed by atoms with Crippen LogP contribution in [0.4, 0.5) is 0 Å². The van der Waals surface area contributed by atoms with E-state index in [0.29, 0.717) is 18.1 Å². The summed E-state index contributed by atoms with van der Waals surface area (Å²) in [6.45, 7) is 9.45. The standard InChI is InChI=1S/C21H34N2O2/c1-18(2)17-25-20-11-9-19(10-12-20)21(24)22-13-5-3-6-14-23-15-7-4-8-16-23/h9-12,18H,3-8,13-17H2,1-2H3,(H,22,24). The van der Waals surface area contributed by atoms with Crippen LogP contribution in [0.3, 0.4) is 0 Å². The van der Waals surface area contributed by atoms with E-state index in [1.165, 1.54) is 51.7 Å². The number of carbonyl (C=O) groups is 1. The van der Waals surface area contributed by atoms with Crippen LogP contribution < -0.4 is 10.1 Å². The zero-order chi connectivity index (χ0) is 17.9. The number of amides is 1. The highest BCUT2D eigenvalue weighted by atomic mass is 16.5. The molecule has 2 rings (SSSR count). The third-order valence-corrected chi connectivity index (χ3v) is 4.59. The van der Waals surface area contributed by atoms with Crippen molar-refractivity contribution < 1.29 is 9.53 Å². The SMILES string of the molecule is CC(C)COc1ccc(C(=O)NCCCCCN2CCCCC2)cc1. The number of likely N-dealkylation sites (tertiary alicyclic amines) is 1. The lowest BCUT2D eigenvalue weighted by Crippen LogP contribution is -2.30. The van der Waals surface area contributed by atoms with Crippen molar-refractivity contribution in [2.45, 2.75) is 52.4 Å². The summed E-state index contributed by atoms with van der Waals surface area (Å²) in [7, 11) is 0. The van der Waals surface area contributed by atoms with E-state index in [0.717, 1.165) is 18.7 Å². The van der Waals surface area contributed by atoms with Crippen LogP contribution in [0.25, 0.3) is 0 Å². The van der Waals surface area contributed by atoms with E-state index < -0.39 is 0 Å². The molecule has 0 spiro atoms. The zero-order valence-electron chi connectivity index (χ0n) is 15.9. The van der Waals surface area contributed by atoms with E-state index in [4.69, 9.17) is 4.74 Å². The smallest absolute Gasteiger partial charge is 0.251 e. The van der Waals surface area contributed by atoms with E-state index in [1.807, 2.05) is 24.3 Å². The molecule has 1 aromatic rings. The molecule has 1 amide bonds. The molecule has 1 heterocycles. The number of piperidine rings is 1. The summed E-state index contributed by atoms with van der Waals surface area (Å²) in [5.74, 6) is 1.33. The first-order valence-corrected chi connectivity index (χ1v) is 9.88. The first kappa shape index (κ1) is 19.8. The van der Waals surface area contributed by atoms with Crippen molar-refractivity contribution in [1.29, 1.82) is 0 Å². The van der Waals surface area contributed by atoms with Crippen molar-refractivity contribution in [3.05, 3.63) is 29.8 Å². The van der Waals surface area contributed by atoms with Crippen LogP contribution in [0.15, 0.2) is 24.3 Å². The van der Waals surface area contributed by atoms with Gasteiger partial charge in [0.25, 0.3) is 5.91 Å². The number of benzene rings is 1. The van der Waals surface area contributed by atoms with Crippen molar-refractivity contribution in [3.63, 3.8) is 0 Å². The van der Waals surface area contributed by atoms with E-state index in [-0.39, 0.29) is 5.91 Å². The van der Waals surface area contributed by atoms with Gasteiger partial charge in [0, 0.05) is 12.1 Å². The summed E-state index contributed by atoms with van der Waals surface area (Å²) in [6, 6.07) is 7.41. The molecule has 0 atom stereocenters. The minimum absolute atomic E-state index is 0.00596. The van der Waals surface area contributed by atoms with Gasteiger partial charge in [-0.15, -0.1) is 0 Å². The van der Waals surface area contributed by atoms with Crippen LogP contribution in [-0.4, -0.2) is 43.6 Å². The van der Waals surface area contributed by atoms with E-state index in [2.05, 4.69) is 24.1 Å². The van der Waals surface area contributed by atoms with Crippen LogP contribution in [0.5, 0.6) is 5.75 Å². The van der Waals surface area contributed by atoms with Crippen molar-refractivity contribution in [3.8, 4) is 5.75 Å². The third-order valence-electron chi connectivity index (χ3n) is 4.59. The lowest BCUT2D eigenvalue weighted by atomic mass is 10.1. The predicted molar refractivity (Wildman–Crippen MR) is 103 cm³/mol. The van der Waals surface area contributed by atoms with Gasteiger partial charge in [0.05, 0.1) is 6.61 Å². The number of hydrogen-bond donors (Lipinski definition) is 1. The second-order valence-electron chi connectivity index (χ2n) is 7.45. The van der Waals surface area contributed by atoms with Gasteiger partial charge in [-0.3, -0.25) is 4.79 Å². The largest absolute Gasteiger partial charge is 0.493 e. The normalized spacial score (nSPS) is 15.3. The van der Waals surface area contributed by atoms with E-state index in [9.17, 15) is 4.79 Å². The molecule has 0 saturated carbocycles. The topological polar surface area (TPSA) is 41.6 Å². The Balaban J connectivity index is 1.56. The number of nitrogens with zero attached hydrogens (tertiary/aromatic N) is 1. The minimum atomic E-state index is 0.00596. The number of nitrogens with one attached hydrogen (secondary N) is 1. The highest BCUT2D eigenvalue weighted by molar-refractivity contribution is 5.94. The van der Waals surface area contributed by atoms with Gasteiger partial charge in [0.15, 0.2) is 0 Å². The molecule has 0 radical (unpaired) electrons. The predicted octanol–water partition coefficient (Wildman–Crippen LogP) is 4.11. The number of carbonyl (C=O) groups excluding carboxylic acids is 1. The Bertz CT molecular complexity index is 493. The summed E-state index contributed by atoms with van der Waals surface area (Å²) in [5, 5.41) is 3.01. The molecule has 1 saturated heterocycles. The Morgan fingerprint density at radius 3 is 2.48 bits per heavy atom. The molecule has 1 N–H and O–H groups in total. The van der Waals surface area contributed by atoms with Gasteiger partial charge in [-0.05, 0) is 75.5 Å². The Morgan fingerprint density at radius 1 is 1.08 bits per heavy atom. The summed E-state index contributed by atoms with van der Waals surface area (Å²) in [5.41, 5.74) is 0.699. The molecule has 140 valence electrons. The Hall–Kier alpha value is -1.55. The average molecular weight is 347 g/mol. The lowest BCUT2D eigenvalue weighted by molar-refractivity contribution is 0.0952. The van der Waals surface area contributed by atoms with Crippen molar-refractivity contribution in [2.75, 3.05) is 32.8 Å². The van der Waals surface area contributed by atoms with Crippen LogP contribution in [0, 0.1) is 5.92 Å². The molecule has 4 nitrogen and oxygen atoms in total. The van der Waals surface area contributed by atoms with Crippen LogP contribution in [0.1, 0.15) is 62.7 Å². The molecule has 0 bridgehead atoms. The van der Waals surface area contributed by atoms with Crippen LogP contribution in [0.2, 0.25) is 0 Å². The molecular weight excluding hydrogens is 312 g/mol. The summed E-state index contributed by atoms with van der Waals surface area (Å²) < 4.78 is 5.64. The fourth-order valence-electron chi connectivity index (χ4n) is 3.09. The monoisotopic (exact) mass is 346 g/mol. The quantitative estimate of drug-likeness (QED) is 0.648. The fraction of sp³-hybridized carbons (Fsp3) is 0.667. The maximum absolute atomic E-state index is 12.1. The van der Waals surface area contributed by atoms with Crippen LogP contribution in [-0.2, 0) is 0 Å². The Labute approximate surface area is 152 Å². The number of ether oxygens (including phenoxy) is 1. The number of unbranched alkanes of at least 4 members (excludes halogenated alkanes) is 2. The van der Waals surface area contributed by atoms with Gasteiger partial charge in [-0.25, -0.2) is 0 Å². The summed E-state index contributed by atoms with van der Waals surface area (Å²) >= 11 is 0. The lowest BCUT2D eigenvalue weighted by Gasteiger charge is -2.26. The van der Waals surface area contributed by atoms with Gasteiger partial charge >= 0.3 is 0 Å². The first-order chi connectivity index (χ1) is 12.1. The average Bonchev–Trinajstić information content (AvgIpc) is 2.64. The fourth-order valence-corrected chi connectivity index (χ4v) is 3.09. The highest BCUT2D eigenvalue weighted by Crippen LogP contribution is 2.13. The molecule has 0 aliphatic carbocycles. The molecule has 1 fully saturated rings. The maximum atomic E-state index is 12.1. The summed E-state index contributed by atoms with van der Waals surface area (Å²) in [6.07, 6.45) is 7.58. The van der Waals surface area contributed by atoms with Gasteiger partial charge in [0.1, 0.15) is 5.75 Å².